The third-order valence-corrected chi connectivity index (χ3v) is 6.26. The van der Waals surface area contributed by atoms with Crippen molar-refractivity contribution in [2.24, 2.45) is 5.73 Å². The number of primary amides is 1. The fraction of sp³-hybridized carbons (Fsp3) is 0.381. The van der Waals surface area contributed by atoms with Gasteiger partial charge in [-0.25, -0.2) is 4.98 Å². The normalized spacial score (nSPS) is 21.0. The van der Waals surface area contributed by atoms with Crippen molar-refractivity contribution in [2.75, 3.05) is 13.1 Å². The quantitative estimate of drug-likeness (QED) is 0.709. The lowest BCUT2D eigenvalue weighted by molar-refractivity contribution is -0.148. The Balaban J connectivity index is 1.35. The minimum atomic E-state index is -0.711. The van der Waals surface area contributed by atoms with Crippen LogP contribution >= 0.6 is 11.6 Å². The SMILES string of the molecule is Cc1noc2ncc(CN3CCC4(CC3)OC(C(N)=O)c3ccc(Cl)cc34)cc12. The number of likely N-dealkylation sites (tertiary alicyclic amines) is 1. The first-order valence-corrected chi connectivity index (χ1v) is 10.0. The summed E-state index contributed by atoms with van der Waals surface area (Å²) in [7, 11) is 0. The summed E-state index contributed by atoms with van der Waals surface area (Å²) >= 11 is 6.24. The van der Waals surface area contributed by atoms with Crippen LogP contribution in [0.4, 0.5) is 0 Å². The van der Waals surface area contributed by atoms with Gasteiger partial charge in [-0.1, -0.05) is 22.8 Å². The molecule has 150 valence electrons. The van der Waals surface area contributed by atoms with Crippen LogP contribution in [0.1, 0.15) is 41.3 Å². The Bertz CT molecular complexity index is 1100. The first-order valence-electron chi connectivity index (χ1n) is 9.65. The number of hydrogen-bond acceptors (Lipinski definition) is 6. The van der Waals surface area contributed by atoms with Gasteiger partial charge in [0, 0.05) is 30.9 Å². The smallest absolute Gasteiger partial charge is 0.257 e. The fourth-order valence-corrected chi connectivity index (χ4v) is 4.68. The van der Waals surface area contributed by atoms with Gasteiger partial charge in [0.25, 0.3) is 11.6 Å². The molecule has 1 spiro atoms. The Morgan fingerprint density at radius 3 is 2.90 bits per heavy atom. The minimum Gasteiger partial charge on any atom is -0.367 e. The van der Waals surface area contributed by atoms with Crippen molar-refractivity contribution in [2.45, 2.75) is 38.0 Å². The number of pyridine rings is 1. The van der Waals surface area contributed by atoms with Crippen molar-refractivity contribution in [3.63, 3.8) is 0 Å². The molecule has 29 heavy (non-hydrogen) atoms. The second kappa shape index (κ2) is 6.79. The van der Waals surface area contributed by atoms with Crippen molar-refractivity contribution in [3.05, 3.63) is 57.9 Å². The molecule has 1 aromatic carbocycles. The number of fused-ring (bicyclic) bond motifs is 3. The number of benzene rings is 1. The number of piperidine rings is 1. The molecule has 8 heteroatoms. The van der Waals surface area contributed by atoms with Gasteiger partial charge in [0.05, 0.1) is 16.7 Å². The molecule has 2 aliphatic heterocycles. The maximum Gasteiger partial charge on any atom is 0.257 e. The molecule has 1 saturated heterocycles. The first kappa shape index (κ1) is 18.5. The number of rotatable bonds is 3. The van der Waals surface area contributed by atoms with E-state index in [0.717, 1.165) is 60.2 Å². The van der Waals surface area contributed by atoms with Gasteiger partial charge in [0.15, 0.2) is 6.10 Å². The van der Waals surface area contributed by atoms with Gasteiger partial charge < -0.3 is 15.0 Å². The Morgan fingerprint density at radius 1 is 1.34 bits per heavy atom. The number of nitrogens with two attached hydrogens (primary N) is 1. The molecular formula is C21H21ClN4O3. The summed E-state index contributed by atoms with van der Waals surface area (Å²) in [6.45, 7) is 4.36. The van der Waals surface area contributed by atoms with E-state index in [4.69, 9.17) is 26.6 Å². The van der Waals surface area contributed by atoms with Crippen LogP contribution in [-0.2, 0) is 21.7 Å². The van der Waals surface area contributed by atoms with Gasteiger partial charge >= 0.3 is 0 Å². The topological polar surface area (TPSA) is 94.5 Å². The van der Waals surface area contributed by atoms with Crippen molar-refractivity contribution < 1.29 is 14.1 Å². The molecular weight excluding hydrogens is 392 g/mol. The maximum atomic E-state index is 11.9. The van der Waals surface area contributed by atoms with E-state index in [1.165, 1.54) is 0 Å². The predicted molar refractivity (Wildman–Crippen MR) is 107 cm³/mol. The Kier molecular flexibility index (Phi) is 4.34. The molecule has 1 unspecified atom stereocenters. The molecule has 1 atom stereocenters. The number of hydrogen-bond donors (Lipinski definition) is 1. The molecule has 0 saturated carbocycles. The van der Waals surface area contributed by atoms with E-state index in [1.54, 1.807) is 6.07 Å². The second-order valence-corrected chi connectivity index (χ2v) is 8.30. The van der Waals surface area contributed by atoms with Gasteiger partial charge in [-0.15, -0.1) is 0 Å². The highest BCUT2D eigenvalue weighted by Gasteiger charge is 2.48. The van der Waals surface area contributed by atoms with Crippen LogP contribution in [0.15, 0.2) is 35.0 Å². The highest BCUT2D eigenvalue weighted by atomic mass is 35.5. The number of ether oxygens (including phenoxy) is 1. The Hall–Kier alpha value is -2.48. The van der Waals surface area contributed by atoms with E-state index in [9.17, 15) is 4.79 Å². The summed E-state index contributed by atoms with van der Waals surface area (Å²) in [6, 6.07) is 7.64. The molecule has 4 heterocycles. The molecule has 0 bridgehead atoms. The van der Waals surface area contributed by atoms with Crippen molar-refractivity contribution in [1.29, 1.82) is 0 Å². The molecule has 2 N–H and O–H groups in total. The minimum absolute atomic E-state index is 0.462. The molecule has 0 aliphatic carbocycles. The summed E-state index contributed by atoms with van der Waals surface area (Å²) in [5, 5.41) is 5.55. The highest BCUT2D eigenvalue weighted by Crippen LogP contribution is 2.50. The molecule has 1 fully saturated rings. The van der Waals surface area contributed by atoms with Gasteiger partial charge in [-0.3, -0.25) is 9.69 Å². The van der Waals surface area contributed by atoms with E-state index in [-0.39, 0.29) is 0 Å². The average molecular weight is 413 g/mol. The van der Waals surface area contributed by atoms with Crippen LogP contribution < -0.4 is 5.73 Å². The number of carbonyl (C=O) groups is 1. The van der Waals surface area contributed by atoms with Crippen molar-refractivity contribution in [3.8, 4) is 0 Å². The van der Waals surface area contributed by atoms with Crippen LogP contribution in [0, 0.1) is 6.92 Å². The molecule has 1 amide bonds. The second-order valence-electron chi connectivity index (χ2n) is 7.87. The summed E-state index contributed by atoms with van der Waals surface area (Å²) in [5.41, 5.74) is 9.44. The monoisotopic (exact) mass is 412 g/mol. The molecule has 2 aromatic heterocycles. The average Bonchev–Trinajstić information content (AvgIpc) is 3.23. The molecule has 5 rings (SSSR count). The summed E-state index contributed by atoms with van der Waals surface area (Å²) in [4.78, 5) is 18.7. The number of amides is 1. The van der Waals surface area contributed by atoms with E-state index in [2.05, 4.69) is 21.1 Å². The molecule has 0 radical (unpaired) electrons. The third-order valence-electron chi connectivity index (χ3n) is 6.03. The molecule has 7 nitrogen and oxygen atoms in total. The van der Waals surface area contributed by atoms with E-state index in [1.807, 2.05) is 25.3 Å². The zero-order valence-corrected chi connectivity index (χ0v) is 16.8. The van der Waals surface area contributed by atoms with E-state index < -0.39 is 17.6 Å². The predicted octanol–water partition coefficient (Wildman–Crippen LogP) is 3.23. The Morgan fingerprint density at radius 2 is 2.14 bits per heavy atom. The van der Waals surface area contributed by atoms with Gasteiger partial charge in [-0.2, -0.15) is 0 Å². The summed E-state index contributed by atoms with van der Waals surface area (Å²) in [6.07, 6.45) is 2.66. The van der Waals surface area contributed by atoms with Crippen LogP contribution in [0.5, 0.6) is 0 Å². The lowest BCUT2D eigenvalue weighted by Crippen LogP contribution is -2.42. The zero-order chi connectivity index (χ0) is 20.2. The first-order chi connectivity index (χ1) is 13.9. The standard InChI is InChI=1S/C21H21ClN4O3/c1-12-16-8-13(10-24-20(16)29-25-12)11-26-6-4-21(5-7-26)17-9-14(22)2-3-15(17)18(28-21)19(23)27/h2-3,8-10,18H,4-7,11H2,1H3,(H2,23,27). The maximum absolute atomic E-state index is 11.9. The number of carbonyl (C=O) groups excluding carboxylic acids is 1. The van der Waals surface area contributed by atoms with Crippen molar-refractivity contribution >= 4 is 28.6 Å². The van der Waals surface area contributed by atoms with Crippen LogP contribution in [-0.4, -0.2) is 34.0 Å². The van der Waals surface area contributed by atoms with E-state index in [0.29, 0.717) is 10.7 Å². The Labute approximate surface area is 172 Å². The molecule has 3 aromatic rings. The van der Waals surface area contributed by atoms with Crippen molar-refractivity contribution in [1.82, 2.24) is 15.0 Å². The van der Waals surface area contributed by atoms with E-state index >= 15 is 0 Å². The van der Waals surface area contributed by atoms with Gasteiger partial charge in [-0.05, 0) is 54.7 Å². The molecule has 2 aliphatic rings. The van der Waals surface area contributed by atoms with Gasteiger partial charge in [0.2, 0.25) is 0 Å². The summed E-state index contributed by atoms with van der Waals surface area (Å²) in [5.74, 6) is -0.462. The number of nitrogens with zero attached hydrogens (tertiary/aromatic N) is 3. The largest absolute Gasteiger partial charge is 0.367 e. The van der Waals surface area contributed by atoms with Crippen LogP contribution in [0.3, 0.4) is 0 Å². The zero-order valence-electron chi connectivity index (χ0n) is 16.0. The lowest BCUT2D eigenvalue weighted by Gasteiger charge is -2.39. The third kappa shape index (κ3) is 3.10. The number of aryl methyl sites for hydroxylation is 1. The number of aromatic nitrogens is 2. The summed E-state index contributed by atoms with van der Waals surface area (Å²) < 4.78 is 11.4. The fourth-order valence-electron chi connectivity index (χ4n) is 4.51. The van der Waals surface area contributed by atoms with Crippen LogP contribution in [0.25, 0.3) is 11.1 Å². The van der Waals surface area contributed by atoms with Gasteiger partial charge in [0.1, 0.15) is 0 Å². The lowest BCUT2D eigenvalue weighted by atomic mass is 9.83. The van der Waals surface area contributed by atoms with Crippen LogP contribution in [0.2, 0.25) is 5.02 Å². The number of halogens is 1. The highest BCUT2D eigenvalue weighted by molar-refractivity contribution is 6.30.